The fourth-order valence-electron chi connectivity index (χ4n) is 2.08. The lowest BCUT2D eigenvalue weighted by atomic mass is 10.2. The Kier molecular flexibility index (Phi) is 7.37. The van der Waals surface area contributed by atoms with Crippen LogP contribution in [0.1, 0.15) is 25.2 Å². The summed E-state index contributed by atoms with van der Waals surface area (Å²) in [7, 11) is 0. The van der Waals surface area contributed by atoms with Crippen molar-refractivity contribution in [1.29, 1.82) is 0 Å². The monoisotopic (exact) mass is 386 g/mol. The van der Waals surface area contributed by atoms with E-state index in [0.717, 1.165) is 5.56 Å². The van der Waals surface area contributed by atoms with E-state index in [2.05, 4.69) is 26.2 Å². The zero-order valence-electron chi connectivity index (χ0n) is 15.9. The highest BCUT2D eigenvalue weighted by atomic mass is 16.5. The number of hydrogen-bond acceptors (Lipinski definition) is 7. The highest BCUT2D eigenvalue weighted by Gasteiger charge is 2.19. The van der Waals surface area contributed by atoms with Gasteiger partial charge in [-0.05, 0) is 34.9 Å². The number of aryl methyl sites for hydroxylation is 1. The number of benzene rings is 1. The third-order valence-electron chi connectivity index (χ3n) is 3.42. The van der Waals surface area contributed by atoms with Gasteiger partial charge in [0.25, 0.3) is 5.91 Å². The molecule has 3 amide bonds. The summed E-state index contributed by atoms with van der Waals surface area (Å²) < 4.78 is 6.24. The second-order valence-electron chi connectivity index (χ2n) is 6.31. The first-order valence-corrected chi connectivity index (χ1v) is 8.63. The number of imide groups is 1. The van der Waals surface area contributed by atoms with Gasteiger partial charge in [-0.3, -0.25) is 10.1 Å². The molecular formula is C18H22N6O4. The van der Waals surface area contributed by atoms with Gasteiger partial charge in [-0.15, -0.1) is 5.10 Å². The number of nitrogens with one attached hydrogen (secondary N) is 2. The fraction of sp³-hybridized carbons (Fsp3) is 0.333. The second kappa shape index (κ2) is 9.95. The summed E-state index contributed by atoms with van der Waals surface area (Å²) in [5.41, 5.74) is 0.757. The molecule has 10 heteroatoms. The molecule has 0 aliphatic heterocycles. The van der Waals surface area contributed by atoms with Gasteiger partial charge in [-0.25, -0.2) is 9.59 Å². The lowest BCUT2D eigenvalue weighted by Gasteiger charge is -2.10. The van der Waals surface area contributed by atoms with Crippen molar-refractivity contribution < 1.29 is 19.1 Å². The highest BCUT2D eigenvalue weighted by Crippen LogP contribution is 2.13. The maximum Gasteiger partial charge on any atom is 0.357 e. The molecule has 0 fully saturated rings. The second-order valence-corrected chi connectivity index (χ2v) is 6.31. The zero-order valence-corrected chi connectivity index (χ0v) is 15.9. The summed E-state index contributed by atoms with van der Waals surface area (Å²) in [5.74, 6) is -0.945. The number of carbonyl (C=O) groups is 3. The summed E-state index contributed by atoms with van der Waals surface area (Å²) in [6, 6.07) is 8.39. The average molecular weight is 386 g/mol. The highest BCUT2D eigenvalue weighted by molar-refractivity contribution is 6.15. The quantitative estimate of drug-likeness (QED) is 0.537. The van der Waals surface area contributed by atoms with Crippen LogP contribution >= 0.6 is 0 Å². The zero-order chi connectivity index (χ0) is 20.5. The minimum absolute atomic E-state index is 0.0331. The van der Waals surface area contributed by atoms with Crippen molar-refractivity contribution >= 4 is 29.7 Å². The van der Waals surface area contributed by atoms with Gasteiger partial charge in [0, 0.05) is 6.54 Å². The Labute approximate surface area is 161 Å². The number of aromatic nitrogens is 4. The molecule has 0 aliphatic rings. The van der Waals surface area contributed by atoms with Crippen molar-refractivity contribution in [2.24, 2.45) is 5.92 Å². The summed E-state index contributed by atoms with van der Waals surface area (Å²) in [6.45, 7) is 5.26. The van der Waals surface area contributed by atoms with E-state index in [4.69, 9.17) is 4.74 Å². The first-order chi connectivity index (χ1) is 13.4. The molecule has 0 atom stereocenters. The lowest BCUT2D eigenvalue weighted by Crippen LogP contribution is -2.42. The van der Waals surface area contributed by atoms with E-state index in [9.17, 15) is 14.4 Å². The van der Waals surface area contributed by atoms with Crippen molar-refractivity contribution in [2.75, 3.05) is 13.2 Å². The van der Waals surface area contributed by atoms with Gasteiger partial charge >= 0.3 is 12.0 Å². The van der Waals surface area contributed by atoms with Crippen LogP contribution in [0.5, 0.6) is 0 Å². The molecule has 2 aromatic rings. The standard InChI is InChI=1S/C18H22N6O4/c1-12(2)10-19-18(27)20-16(25)11-28-17(26)15(24-13(3)21-22-23-24)9-14-7-5-4-6-8-14/h4-9,12H,10-11H2,1-3H3,(H2,19,20,25,27)/b15-9-. The molecular weight excluding hydrogens is 364 g/mol. The fourth-order valence-corrected chi connectivity index (χ4v) is 2.08. The third kappa shape index (κ3) is 6.31. The predicted molar refractivity (Wildman–Crippen MR) is 101 cm³/mol. The first-order valence-electron chi connectivity index (χ1n) is 8.63. The van der Waals surface area contributed by atoms with Crippen LogP contribution in [0.15, 0.2) is 30.3 Å². The number of amides is 3. The van der Waals surface area contributed by atoms with Crippen LogP contribution in [0, 0.1) is 12.8 Å². The predicted octanol–water partition coefficient (Wildman–Crippen LogP) is 1.00. The Morgan fingerprint density at radius 2 is 1.93 bits per heavy atom. The van der Waals surface area contributed by atoms with Gasteiger partial charge in [-0.2, -0.15) is 4.68 Å². The van der Waals surface area contributed by atoms with E-state index >= 15 is 0 Å². The Hall–Kier alpha value is -3.56. The van der Waals surface area contributed by atoms with Crippen molar-refractivity contribution in [2.45, 2.75) is 20.8 Å². The van der Waals surface area contributed by atoms with Gasteiger partial charge in [0.2, 0.25) is 0 Å². The summed E-state index contributed by atoms with van der Waals surface area (Å²) in [5, 5.41) is 15.7. The molecule has 0 bridgehead atoms. The smallest absolute Gasteiger partial charge is 0.357 e. The first kappa shape index (κ1) is 20.7. The summed E-state index contributed by atoms with van der Waals surface area (Å²) in [6.07, 6.45) is 1.54. The number of tetrazole rings is 1. The van der Waals surface area contributed by atoms with Crippen LogP contribution in [-0.2, 0) is 14.3 Å². The van der Waals surface area contributed by atoms with Gasteiger partial charge in [0.05, 0.1) is 0 Å². The Balaban J connectivity index is 2.04. The molecule has 1 aromatic carbocycles. The van der Waals surface area contributed by atoms with Crippen LogP contribution in [0.3, 0.4) is 0 Å². The Morgan fingerprint density at radius 3 is 2.54 bits per heavy atom. The van der Waals surface area contributed by atoms with Crippen LogP contribution < -0.4 is 10.6 Å². The van der Waals surface area contributed by atoms with Gasteiger partial charge in [0.1, 0.15) is 0 Å². The van der Waals surface area contributed by atoms with E-state index in [1.807, 2.05) is 32.0 Å². The Bertz CT molecular complexity index is 860. The number of ether oxygens (including phenoxy) is 1. The van der Waals surface area contributed by atoms with Gasteiger partial charge in [0.15, 0.2) is 18.1 Å². The van der Waals surface area contributed by atoms with Crippen molar-refractivity contribution in [1.82, 2.24) is 30.8 Å². The third-order valence-corrected chi connectivity index (χ3v) is 3.42. The van der Waals surface area contributed by atoms with Crippen molar-refractivity contribution in [3.63, 3.8) is 0 Å². The van der Waals surface area contributed by atoms with Crippen molar-refractivity contribution in [3.8, 4) is 0 Å². The molecule has 1 aromatic heterocycles. The minimum Gasteiger partial charge on any atom is -0.451 e. The lowest BCUT2D eigenvalue weighted by molar-refractivity contribution is -0.142. The Morgan fingerprint density at radius 1 is 1.21 bits per heavy atom. The topological polar surface area (TPSA) is 128 Å². The number of hydrogen-bond donors (Lipinski definition) is 2. The molecule has 2 rings (SSSR count). The van der Waals surface area contributed by atoms with E-state index in [1.165, 1.54) is 4.68 Å². The molecule has 0 radical (unpaired) electrons. The maximum atomic E-state index is 12.5. The molecule has 0 unspecified atom stereocenters. The molecule has 0 spiro atoms. The number of carbonyl (C=O) groups excluding carboxylic acids is 3. The van der Waals surface area contributed by atoms with Gasteiger partial charge < -0.3 is 10.1 Å². The maximum absolute atomic E-state index is 12.5. The molecule has 1 heterocycles. The number of urea groups is 1. The number of esters is 1. The van der Waals surface area contributed by atoms with Crippen LogP contribution in [0.25, 0.3) is 11.8 Å². The van der Waals surface area contributed by atoms with Crippen molar-refractivity contribution in [3.05, 3.63) is 41.7 Å². The van der Waals surface area contributed by atoms with Crippen LogP contribution in [0.2, 0.25) is 0 Å². The van der Waals surface area contributed by atoms with E-state index in [0.29, 0.717) is 12.4 Å². The molecule has 10 nitrogen and oxygen atoms in total. The van der Waals surface area contributed by atoms with E-state index in [-0.39, 0.29) is 11.6 Å². The average Bonchev–Trinajstić information content (AvgIpc) is 3.09. The number of rotatable bonds is 7. The minimum atomic E-state index is -0.808. The molecule has 0 saturated carbocycles. The molecule has 0 aliphatic carbocycles. The molecule has 0 saturated heterocycles. The number of nitrogens with zero attached hydrogens (tertiary/aromatic N) is 4. The SMILES string of the molecule is Cc1nnnn1/C(=C\c1ccccc1)C(=O)OCC(=O)NC(=O)NCC(C)C. The largest absolute Gasteiger partial charge is 0.451 e. The van der Waals surface area contributed by atoms with Crippen LogP contribution in [0.4, 0.5) is 4.79 Å². The summed E-state index contributed by atoms with van der Waals surface area (Å²) >= 11 is 0. The summed E-state index contributed by atoms with van der Waals surface area (Å²) in [4.78, 5) is 35.9. The molecule has 2 N–H and O–H groups in total. The van der Waals surface area contributed by atoms with E-state index in [1.54, 1.807) is 25.1 Å². The van der Waals surface area contributed by atoms with Crippen LogP contribution in [-0.4, -0.2) is 51.3 Å². The van der Waals surface area contributed by atoms with Gasteiger partial charge in [-0.1, -0.05) is 44.2 Å². The molecule has 28 heavy (non-hydrogen) atoms. The normalized spacial score (nSPS) is 11.2. The molecule has 148 valence electrons. The van der Waals surface area contributed by atoms with E-state index < -0.39 is 24.5 Å².